The average Bonchev–Trinajstić information content (AvgIpc) is 2.97. The summed E-state index contributed by atoms with van der Waals surface area (Å²) in [4.78, 5) is 4.54. The Bertz CT molecular complexity index is 677. The molecule has 0 bridgehead atoms. The van der Waals surface area contributed by atoms with E-state index in [9.17, 15) is 0 Å². The number of nitrogens with zero attached hydrogens (tertiary/aromatic N) is 3. The second-order valence-electron chi connectivity index (χ2n) is 4.40. The van der Waals surface area contributed by atoms with E-state index in [-0.39, 0.29) is 6.04 Å². The van der Waals surface area contributed by atoms with Crippen molar-refractivity contribution in [3.63, 3.8) is 0 Å². The molecule has 6 heteroatoms. The number of hydrogen-bond acceptors (Lipinski definition) is 4. The Morgan fingerprint density at radius 1 is 1.47 bits per heavy atom. The minimum Gasteiger partial charge on any atom is -0.357 e. The summed E-state index contributed by atoms with van der Waals surface area (Å²) < 4.78 is 3.00. The van der Waals surface area contributed by atoms with Crippen LogP contribution in [0.4, 0.5) is 5.13 Å². The molecule has 2 aromatic heterocycles. The molecule has 3 rings (SSSR count). The highest BCUT2D eigenvalue weighted by Gasteiger charge is 2.08. The summed E-state index contributed by atoms with van der Waals surface area (Å²) >= 11 is 7.59. The number of anilines is 1. The topological polar surface area (TPSA) is 42.7 Å². The summed E-state index contributed by atoms with van der Waals surface area (Å²) in [5, 5.41) is 9.24. The number of hydrogen-bond donors (Lipinski definition) is 1. The second kappa shape index (κ2) is 5.19. The van der Waals surface area contributed by atoms with Crippen molar-refractivity contribution in [1.29, 1.82) is 0 Å². The van der Waals surface area contributed by atoms with Gasteiger partial charge in [-0.15, -0.1) is 0 Å². The Kier molecular flexibility index (Phi) is 3.40. The van der Waals surface area contributed by atoms with Gasteiger partial charge in [0.05, 0.1) is 16.8 Å². The van der Waals surface area contributed by atoms with Crippen LogP contribution in [0.2, 0.25) is 5.02 Å². The largest absolute Gasteiger partial charge is 0.357 e. The predicted molar refractivity (Wildman–Crippen MR) is 79.9 cm³/mol. The van der Waals surface area contributed by atoms with Crippen molar-refractivity contribution < 1.29 is 0 Å². The van der Waals surface area contributed by atoms with Crippen LogP contribution in [0.5, 0.6) is 0 Å². The van der Waals surface area contributed by atoms with Gasteiger partial charge in [0.25, 0.3) is 0 Å². The van der Waals surface area contributed by atoms with Gasteiger partial charge >= 0.3 is 0 Å². The maximum absolute atomic E-state index is 5.98. The first kappa shape index (κ1) is 12.4. The number of benzene rings is 1. The SMILES string of the molecule is CC(Cn1cccn1)Nc1nc2ccc(Cl)cc2s1. The van der Waals surface area contributed by atoms with E-state index in [1.165, 1.54) is 0 Å². The van der Waals surface area contributed by atoms with Gasteiger partial charge in [-0.1, -0.05) is 22.9 Å². The molecule has 2 heterocycles. The highest BCUT2D eigenvalue weighted by atomic mass is 35.5. The number of aromatic nitrogens is 3. The molecule has 1 aromatic carbocycles. The van der Waals surface area contributed by atoms with Crippen LogP contribution in [0.3, 0.4) is 0 Å². The number of fused-ring (bicyclic) bond motifs is 1. The summed E-state index contributed by atoms with van der Waals surface area (Å²) in [5.74, 6) is 0. The van der Waals surface area contributed by atoms with Gasteiger partial charge in [0.1, 0.15) is 0 Å². The lowest BCUT2D eigenvalue weighted by molar-refractivity contribution is 0.561. The van der Waals surface area contributed by atoms with Crippen molar-refractivity contribution in [2.24, 2.45) is 0 Å². The lowest BCUT2D eigenvalue weighted by Crippen LogP contribution is -2.22. The summed E-state index contributed by atoms with van der Waals surface area (Å²) in [6.45, 7) is 2.92. The van der Waals surface area contributed by atoms with Crippen molar-refractivity contribution in [3.05, 3.63) is 41.7 Å². The van der Waals surface area contributed by atoms with E-state index < -0.39 is 0 Å². The van der Waals surface area contributed by atoms with E-state index in [2.05, 4.69) is 22.3 Å². The van der Waals surface area contributed by atoms with Crippen LogP contribution in [0.15, 0.2) is 36.7 Å². The molecule has 0 saturated heterocycles. The maximum Gasteiger partial charge on any atom is 0.184 e. The van der Waals surface area contributed by atoms with Crippen LogP contribution in [-0.2, 0) is 6.54 Å². The molecule has 0 amide bonds. The van der Waals surface area contributed by atoms with Crippen LogP contribution >= 0.6 is 22.9 Å². The van der Waals surface area contributed by atoms with Gasteiger partial charge in [-0.3, -0.25) is 4.68 Å². The molecule has 0 aliphatic carbocycles. The van der Waals surface area contributed by atoms with E-state index in [1.54, 1.807) is 17.5 Å². The molecule has 0 aliphatic heterocycles. The van der Waals surface area contributed by atoms with Gasteiger partial charge in [-0.05, 0) is 31.2 Å². The molecule has 0 radical (unpaired) electrons. The van der Waals surface area contributed by atoms with Gasteiger partial charge in [0, 0.05) is 23.5 Å². The summed E-state index contributed by atoms with van der Waals surface area (Å²) in [5.41, 5.74) is 0.975. The molecule has 19 heavy (non-hydrogen) atoms. The zero-order valence-electron chi connectivity index (χ0n) is 10.4. The van der Waals surface area contributed by atoms with Crippen LogP contribution < -0.4 is 5.32 Å². The minimum absolute atomic E-state index is 0.260. The Hall–Kier alpha value is -1.59. The molecular formula is C13H13ClN4S. The van der Waals surface area contributed by atoms with Gasteiger partial charge in [0.2, 0.25) is 0 Å². The van der Waals surface area contributed by atoms with Gasteiger partial charge in [-0.2, -0.15) is 5.10 Å². The molecule has 1 atom stereocenters. The lowest BCUT2D eigenvalue weighted by Gasteiger charge is -2.12. The highest BCUT2D eigenvalue weighted by molar-refractivity contribution is 7.22. The first-order chi connectivity index (χ1) is 9.20. The van der Waals surface area contributed by atoms with Gasteiger partial charge in [-0.25, -0.2) is 4.98 Å². The van der Waals surface area contributed by atoms with E-state index >= 15 is 0 Å². The molecule has 1 N–H and O–H groups in total. The molecule has 0 spiro atoms. The zero-order chi connectivity index (χ0) is 13.2. The Balaban J connectivity index is 1.74. The van der Waals surface area contributed by atoms with Gasteiger partial charge < -0.3 is 5.32 Å². The standard InChI is InChI=1S/C13H13ClN4S/c1-9(8-18-6-2-5-15-18)16-13-17-11-4-3-10(14)7-12(11)19-13/h2-7,9H,8H2,1H3,(H,16,17). The Morgan fingerprint density at radius 3 is 3.16 bits per heavy atom. The van der Waals surface area contributed by atoms with Crippen LogP contribution in [-0.4, -0.2) is 20.8 Å². The fourth-order valence-electron chi connectivity index (χ4n) is 1.91. The van der Waals surface area contributed by atoms with Crippen LogP contribution in [0, 0.1) is 0 Å². The Labute approximate surface area is 120 Å². The van der Waals surface area contributed by atoms with Crippen LogP contribution in [0.1, 0.15) is 6.92 Å². The molecule has 98 valence electrons. The first-order valence-electron chi connectivity index (χ1n) is 6.01. The summed E-state index contributed by atoms with van der Waals surface area (Å²) in [7, 11) is 0. The third kappa shape index (κ3) is 2.88. The monoisotopic (exact) mass is 292 g/mol. The van der Waals surface area contributed by atoms with Crippen molar-refractivity contribution >= 4 is 38.3 Å². The van der Waals surface area contributed by atoms with E-state index in [0.717, 1.165) is 26.9 Å². The smallest absolute Gasteiger partial charge is 0.184 e. The van der Waals surface area contributed by atoms with E-state index in [0.29, 0.717) is 0 Å². The fraction of sp³-hybridized carbons (Fsp3) is 0.231. The molecule has 0 aliphatic rings. The lowest BCUT2D eigenvalue weighted by atomic mass is 10.3. The second-order valence-corrected chi connectivity index (χ2v) is 5.87. The quantitative estimate of drug-likeness (QED) is 0.798. The third-order valence-electron chi connectivity index (χ3n) is 2.74. The fourth-order valence-corrected chi connectivity index (χ4v) is 3.16. The molecule has 0 fully saturated rings. The summed E-state index contributed by atoms with van der Waals surface area (Å²) in [6, 6.07) is 7.93. The minimum atomic E-state index is 0.260. The molecule has 0 saturated carbocycles. The van der Waals surface area contributed by atoms with Crippen molar-refractivity contribution in [3.8, 4) is 0 Å². The van der Waals surface area contributed by atoms with E-state index in [4.69, 9.17) is 11.6 Å². The molecular weight excluding hydrogens is 280 g/mol. The van der Waals surface area contributed by atoms with Crippen LogP contribution in [0.25, 0.3) is 10.2 Å². The van der Waals surface area contributed by atoms with Crippen molar-refractivity contribution in [1.82, 2.24) is 14.8 Å². The number of thiazole rings is 1. The Morgan fingerprint density at radius 2 is 2.37 bits per heavy atom. The predicted octanol–water partition coefficient (Wildman–Crippen LogP) is 3.65. The highest BCUT2D eigenvalue weighted by Crippen LogP contribution is 2.28. The number of rotatable bonds is 4. The molecule has 3 aromatic rings. The first-order valence-corrected chi connectivity index (χ1v) is 7.20. The maximum atomic E-state index is 5.98. The third-order valence-corrected chi connectivity index (χ3v) is 3.92. The number of nitrogens with one attached hydrogen (secondary N) is 1. The summed E-state index contributed by atoms with van der Waals surface area (Å²) in [6.07, 6.45) is 3.74. The van der Waals surface area contributed by atoms with Crippen molar-refractivity contribution in [2.75, 3.05) is 5.32 Å². The zero-order valence-corrected chi connectivity index (χ0v) is 11.9. The van der Waals surface area contributed by atoms with E-state index in [1.807, 2.05) is 35.1 Å². The van der Waals surface area contributed by atoms with Crippen molar-refractivity contribution in [2.45, 2.75) is 19.5 Å². The molecule has 1 unspecified atom stereocenters. The average molecular weight is 293 g/mol. The molecule has 4 nitrogen and oxygen atoms in total. The number of halogens is 1. The van der Waals surface area contributed by atoms with Gasteiger partial charge in [0.15, 0.2) is 5.13 Å². The normalized spacial score (nSPS) is 12.7.